The number of thiophene rings is 1. The third-order valence-electron chi connectivity index (χ3n) is 12.6. The van der Waals surface area contributed by atoms with E-state index in [1.165, 1.54) is 73.6 Å². The van der Waals surface area contributed by atoms with Gasteiger partial charge in [0, 0.05) is 42.6 Å². The van der Waals surface area contributed by atoms with Gasteiger partial charge in [-0.1, -0.05) is 147 Å². The molecule has 1 heterocycles. The predicted molar refractivity (Wildman–Crippen MR) is 249 cm³/mol. The molecule has 4 heteroatoms. The zero-order valence-electron chi connectivity index (χ0n) is 32.3. The molecule has 1 aromatic heterocycles. The summed E-state index contributed by atoms with van der Waals surface area (Å²) in [4.78, 5) is 2.38. The number of hydrogen-bond acceptors (Lipinski definition) is 3. The van der Waals surface area contributed by atoms with Crippen LogP contribution >= 0.6 is 11.3 Å². The van der Waals surface area contributed by atoms with Gasteiger partial charge in [-0.3, -0.25) is 0 Å². The van der Waals surface area contributed by atoms with E-state index in [9.17, 15) is 5.26 Å². The Morgan fingerprint density at radius 1 is 0.466 bits per heavy atom. The van der Waals surface area contributed by atoms with Gasteiger partial charge in [0.25, 0.3) is 0 Å². The summed E-state index contributed by atoms with van der Waals surface area (Å²) in [6.07, 6.45) is 0. The lowest BCUT2D eigenvalue weighted by atomic mass is 9.81. The molecule has 58 heavy (non-hydrogen) atoms. The van der Waals surface area contributed by atoms with Crippen LogP contribution in [0.4, 0.5) is 17.1 Å². The normalized spacial score (nSPS) is 13.1. The van der Waals surface area contributed by atoms with Gasteiger partial charge in [0.2, 0.25) is 0 Å². The minimum absolute atomic E-state index is 0.148. The van der Waals surface area contributed by atoms with Crippen molar-refractivity contribution in [1.29, 1.82) is 5.26 Å². The summed E-state index contributed by atoms with van der Waals surface area (Å²) in [5.74, 6) is 0. The van der Waals surface area contributed by atoms with Crippen LogP contribution < -0.4 is 25.6 Å². The molecule has 0 radical (unpaired) electrons. The maximum absolute atomic E-state index is 9.75. The van der Waals surface area contributed by atoms with E-state index in [2.05, 4.69) is 207 Å². The first-order chi connectivity index (χ1) is 28.4. The minimum atomic E-state index is -2.72. The number of anilines is 3. The monoisotopic (exact) mass is 774 g/mol. The van der Waals surface area contributed by atoms with E-state index in [-0.39, 0.29) is 5.41 Å². The topological polar surface area (TPSA) is 27.0 Å². The predicted octanol–water partition coefficient (Wildman–Crippen LogP) is 11.7. The van der Waals surface area contributed by atoms with Gasteiger partial charge in [-0.15, -0.1) is 11.3 Å². The van der Waals surface area contributed by atoms with Gasteiger partial charge in [-0.25, -0.2) is 0 Å². The molecule has 0 bridgehead atoms. The summed E-state index contributed by atoms with van der Waals surface area (Å²) in [6.45, 7) is 4.72. The van der Waals surface area contributed by atoms with E-state index in [1.807, 2.05) is 23.5 Å². The highest BCUT2D eigenvalue weighted by Gasteiger charge is 2.41. The first-order valence-electron chi connectivity index (χ1n) is 19.9. The third-order valence-corrected chi connectivity index (χ3v) is 18.5. The Kier molecular flexibility index (Phi) is 7.81. The number of rotatable bonds is 7. The summed E-state index contributed by atoms with van der Waals surface area (Å²) in [6, 6.07) is 74.1. The van der Waals surface area contributed by atoms with Crippen molar-refractivity contribution < 1.29 is 0 Å². The van der Waals surface area contributed by atoms with Gasteiger partial charge in [-0.05, 0) is 114 Å². The van der Waals surface area contributed by atoms with E-state index in [4.69, 9.17) is 0 Å². The lowest BCUT2D eigenvalue weighted by Gasteiger charge is -2.34. The zero-order chi connectivity index (χ0) is 39.0. The summed E-state index contributed by atoms with van der Waals surface area (Å²) in [7, 11) is -2.72. The Bertz CT molecular complexity index is 3160. The van der Waals surface area contributed by atoms with Crippen LogP contribution in [-0.4, -0.2) is 8.07 Å². The highest BCUT2D eigenvalue weighted by atomic mass is 32.1. The van der Waals surface area contributed by atoms with Crippen LogP contribution in [0.15, 0.2) is 194 Å². The van der Waals surface area contributed by atoms with Gasteiger partial charge < -0.3 is 4.90 Å². The average molecular weight is 775 g/mol. The van der Waals surface area contributed by atoms with Crippen molar-refractivity contribution in [3.05, 3.63) is 211 Å². The molecular formula is C54H38N2SSi. The van der Waals surface area contributed by atoms with Gasteiger partial charge in [0.05, 0.1) is 11.6 Å². The molecule has 0 saturated carbocycles. The van der Waals surface area contributed by atoms with Crippen molar-refractivity contribution in [2.75, 3.05) is 4.90 Å². The van der Waals surface area contributed by atoms with Crippen LogP contribution in [0, 0.1) is 11.3 Å². The van der Waals surface area contributed by atoms with Crippen LogP contribution in [0.5, 0.6) is 0 Å². The van der Waals surface area contributed by atoms with Crippen LogP contribution in [0.3, 0.4) is 0 Å². The van der Waals surface area contributed by atoms with E-state index >= 15 is 0 Å². The van der Waals surface area contributed by atoms with Crippen molar-refractivity contribution in [1.82, 2.24) is 0 Å². The second-order valence-electron chi connectivity index (χ2n) is 16.0. The standard InChI is InChI=1S/C54H38N2SSi/c1-54(2)48-20-12-13-37-23-24-38-31-41(33-49(54)53(38)52(37)48)56(39-25-21-36(35-55)22-26-39)40-27-29-50-46(32-40)47-34-45(28-30-51(47)57-50)58(42-14-6-3-7-15-42,43-16-8-4-9-17-43)44-18-10-5-11-19-44/h3-34H,1-2H3. The van der Waals surface area contributed by atoms with Crippen molar-refractivity contribution >= 4 is 98.9 Å². The highest BCUT2D eigenvalue weighted by molar-refractivity contribution is 7.26. The molecular weight excluding hydrogens is 737 g/mol. The molecule has 0 atom stereocenters. The second-order valence-corrected chi connectivity index (χ2v) is 20.9. The number of nitriles is 1. The quantitative estimate of drug-likeness (QED) is 0.0916. The van der Waals surface area contributed by atoms with E-state index in [1.54, 1.807) is 0 Å². The highest BCUT2D eigenvalue weighted by Crippen LogP contribution is 2.51. The van der Waals surface area contributed by atoms with E-state index < -0.39 is 8.07 Å². The fourth-order valence-electron chi connectivity index (χ4n) is 9.85. The Hall–Kier alpha value is -6.77. The van der Waals surface area contributed by atoms with Crippen LogP contribution in [-0.2, 0) is 5.41 Å². The van der Waals surface area contributed by atoms with E-state index in [0.717, 1.165) is 17.1 Å². The SMILES string of the molecule is CC1(C)c2cccc3ccc4cc(N(c5ccc(C#N)cc5)c5ccc6sc7ccc([Si](c8ccccc8)(c8ccccc8)c8ccccc8)cc7c6c5)cc1c4c23. The van der Waals surface area contributed by atoms with Crippen molar-refractivity contribution in [2.24, 2.45) is 0 Å². The average Bonchev–Trinajstić information content (AvgIpc) is 3.76. The summed E-state index contributed by atoms with van der Waals surface area (Å²) in [5, 5.41) is 23.0. The van der Waals surface area contributed by atoms with Crippen LogP contribution in [0.1, 0.15) is 30.5 Å². The largest absolute Gasteiger partial charge is 0.310 e. The number of hydrogen-bond donors (Lipinski definition) is 0. The third kappa shape index (κ3) is 5.07. The second kappa shape index (κ2) is 13.1. The maximum Gasteiger partial charge on any atom is 0.179 e. The molecule has 0 N–H and O–H groups in total. The maximum atomic E-state index is 9.75. The molecule has 2 nitrogen and oxygen atoms in total. The lowest BCUT2D eigenvalue weighted by molar-refractivity contribution is 0.663. The number of nitrogens with zero attached hydrogens (tertiary/aromatic N) is 2. The van der Waals surface area contributed by atoms with Crippen LogP contribution in [0.2, 0.25) is 0 Å². The summed E-state index contributed by atoms with van der Waals surface area (Å²) in [5.41, 5.74) is 6.44. The lowest BCUT2D eigenvalue weighted by Crippen LogP contribution is -2.74. The summed E-state index contributed by atoms with van der Waals surface area (Å²) >= 11 is 1.86. The fraction of sp³-hybridized carbons (Fsp3) is 0.0556. The molecule has 11 rings (SSSR count). The molecule has 0 amide bonds. The van der Waals surface area contributed by atoms with Gasteiger partial charge in [-0.2, -0.15) is 5.26 Å². The molecule has 0 fully saturated rings. The Morgan fingerprint density at radius 2 is 1.03 bits per heavy atom. The van der Waals surface area contributed by atoms with Gasteiger partial charge >= 0.3 is 0 Å². The van der Waals surface area contributed by atoms with Crippen LogP contribution in [0.25, 0.3) is 41.7 Å². The smallest absolute Gasteiger partial charge is 0.179 e. The van der Waals surface area contributed by atoms with Gasteiger partial charge in [0.15, 0.2) is 8.07 Å². The van der Waals surface area contributed by atoms with Gasteiger partial charge in [0.1, 0.15) is 0 Å². The number of benzene rings is 9. The molecule has 10 aromatic rings. The molecule has 0 spiro atoms. The Labute approximate surface area is 343 Å². The van der Waals surface area contributed by atoms with E-state index in [0.29, 0.717) is 5.56 Å². The Morgan fingerprint density at radius 3 is 1.67 bits per heavy atom. The Balaban J connectivity index is 1.15. The molecule has 9 aromatic carbocycles. The molecule has 0 unspecified atom stereocenters. The molecule has 274 valence electrons. The molecule has 1 aliphatic carbocycles. The first-order valence-corrected chi connectivity index (χ1v) is 22.7. The van der Waals surface area contributed by atoms with Crippen molar-refractivity contribution in [2.45, 2.75) is 19.3 Å². The van der Waals surface area contributed by atoms with Crippen molar-refractivity contribution in [3.63, 3.8) is 0 Å². The molecule has 1 aliphatic rings. The first kappa shape index (κ1) is 34.5. The number of fused-ring (bicyclic) bond motifs is 3. The fourth-order valence-corrected chi connectivity index (χ4v) is 15.7. The molecule has 0 saturated heterocycles. The minimum Gasteiger partial charge on any atom is -0.310 e. The molecule has 0 aliphatic heterocycles. The zero-order valence-corrected chi connectivity index (χ0v) is 34.1. The summed E-state index contributed by atoms with van der Waals surface area (Å²) < 4.78 is 2.54. The van der Waals surface area contributed by atoms with Crippen molar-refractivity contribution in [3.8, 4) is 6.07 Å².